The van der Waals surface area contributed by atoms with Gasteiger partial charge in [-0.15, -0.1) is 34.9 Å². The van der Waals surface area contributed by atoms with Crippen LogP contribution < -0.4 is 0 Å². The molecule has 3 aromatic rings. The summed E-state index contributed by atoms with van der Waals surface area (Å²) in [4.78, 5) is 14.9. The van der Waals surface area contributed by atoms with Crippen LogP contribution in [0.25, 0.3) is 22.2 Å². The topological polar surface area (TPSA) is 50.2 Å². The van der Waals surface area contributed by atoms with Crippen LogP contribution in [0.2, 0.25) is 0 Å². The molecule has 0 atom stereocenters. The van der Waals surface area contributed by atoms with E-state index in [1.807, 2.05) is 0 Å². The Morgan fingerprint density at radius 1 is 1.00 bits per heavy atom. The molecule has 1 heterocycles. The molecule has 3 nitrogen and oxygen atoms in total. The molecule has 0 saturated carbocycles. The number of fused-ring (bicyclic) bond motifs is 1. The van der Waals surface area contributed by atoms with E-state index in [1.54, 1.807) is 0 Å². The van der Waals surface area contributed by atoms with Crippen LogP contribution in [-0.4, -0.2) is 15.9 Å². The van der Waals surface area contributed by atoms with Crippen molar-refractivity contribution < 1.29 is 30.0 Å². The summed E-state index contributed by atoms with van der Waals surface area (Å²) in [5.74, 6) is -0.0625. The van der Waals surface area contributed by atoms with Crippen molar-refractivity contribution in [2.45, 2.75) is 41.5 Å². The Hall–Kier alpha value is -2.29. The second kappa shape index (κ2) is 10.3. The van der Waals surface area contributed by atoms with E-state index in [4.69, 9.17) is 10.1 Å². The van der Waals surface area contributed by atoms with Crippen LogP contribution in [0.3, 0.4) is 0 Å². The van der Waals surface area contributed by atoms with Crippen LogP contribution in [0, 0.1) is 33.8 Å². The molecule has 2 aromatic carbocycles. The van der Waals surface area contributed by atoms with Gasteiger partial charge in [0.1, 0.15) is 0 Å². The second-order valence-corrected chi connectivity index (χ2v) is 7.00. The Morgan fingerprint density at radius 3 is 2.21 bits per heavy atom. The largest absolute Gasteiger partial charge is 0.512 e. The number of nitrogens with zero attached hydrogens (tertiary/aromatic N) is 1. The average molecular weight is 553 g/mol. The SMILES string of the molecule is CC(=O)/C=C(/C)O.Cc1[c-]c(-c2nc3cc(C)ccc3cc2C)cc(C)c1.[Ir]. The van der Waals surface area contributed by atoms with E-state index < -0.39 is 0 Å². The van der Waals surface area contributed by atoms with Gasteiger partial charge in [-0.2, -0.15) is 0 Å². The fourth-order valence-corrected chi connectivity index (χ4v) is 2.97. The van der Waals surface area contributed by atoms with E-state index in [1.165, 1.54) is 42.0 Å². The van der Waals surface area contributed by atoms with Crippen molar-refractivity contribution in [2.24, 2.45) is 0 Å². The zero-order valence-corrected chi connectivity index (χ0v) is 19.6. The minimum Gasteiger partial charge on any atom is -0.512 e. The van der Waals surface area contributed by atoms with Gasteiger partial charge in [-0.05, 0) is 50.4 Å². The smallest absolute Gasteiger partial charge is 0.155 e. The van der Waals surface area contributed by atoms with E-state index in [9.17, 15) is 4.79 Å². The number of hydrogen-bond acceptors (Lipinski definition) is 3. The number of benzene rings is 2. The number of aliphatic hydroxyl groups excluding tert-OH is 1. The maximum absolute atomic E-state index is 10.0. The summed E-state index contributed by atoms with van der Waals surface area (Å²) < 4.78 is 0. The van der Waals surface area contributed by atoms with Crippen LogP contribution in [0.15, 0.2) is 48.2 Å². The first-order valence-corrected chi connectivity index (χ1v) is 8.92. The minimum absolute atomic E-state index is 0. The fraction of sp³-hybridized carbons (Fsp3) is 0.250. The molecular formula is C24H26IrNO2-. The van der Waals surface area contributed by atoms with Gasteiger partial charge in [-0.1, -0.05) is 37.6 Å². The molecule has 0 bridgehead atoms. The summed E-state index contributed by atoms with van der Waals surface area (Å²) in [6.07, 6.45) is 1.17. The van der Waals surface area contributed by atoms with Crippen molar-refractivity contribution in [1.29, 1.82) is 0 Å². The van der Waals surface area contributed by atoms with Crippen LogP contribution >= 0.6 is 0 Å². The second-order valence-electron chi connectivity index (χ2n) is 7.00. The monoisotopic (exact) mass is 553 g/mol. The number of allylic oxidation sites excluding steroid dienone is 2. The quantitative estimate of drug-likeness (QED) is 0.242. The van der Waals surface area contributed by atoms with Crippen molar-refractivity contribution in [3.63, 3.8) is 0 Å². The van der Waals surface area contributed by atoms with Crippen molar-refractivity contribution in [3.8, 4) is 11.3 Å². The zero-order valence-electron chi connectivity index (χ0n) is 17.2. The Kier molecular flexibility index (Phi) is 8.74. The third-order valence-corrected chi connectivity index (χ3v) is 3.98. The first-order valence-electron chi connectivity index (χ1n) is 8.92. The number of aryl methyl sites for hydroxylation is 4. The summed E-state index contributed by atoms with van der Waals surface area (Å²) in [6, 6.07) is 16.3. The Bertz CT molecular complexity index is 998. The number of carbonyl (C=O) groups excluding carboxylic acids is 1. The van der Waals surface area contributed by atoms with Gasteiger partial charge < -0.3 is 5.11 Å². The zero-order chi connectivity index (χ0) is 20.1. The number of rotatable bonds is 2. The molecule has 4 heteroatoms. The van der Waals surface area contributed by atoms with E-state index in [0.29, 0.717) is 0 Å². The number of pyridine rings is 1. The third-order valence-electron chi connectivity index (χ3n) is 3.98. The predicted octanol–water partition coefficient (Wildman–Crippen LogP) is 5.97. The van der Waals surface area contributed by atoms with E-state index in [-0.39, 0.29) is 31.6 Å². The molecule has 0 unspecified atom stereocenters. The Morgan fingerprint density at radius 2 is 1.68 bits per heavy atom. The number of ketones is 1. The summed E-state index contributed by atoms with van der Waals surface area (Å²) in [5, 5.41) is 9.56. The number of carbonyl (C=O) groups is 1. The van der Waals surface area contributed by atoms with E-state index >= 15 is 0 Å². The summed E-state index contributed by atoms with van der Waals surface area (Å²) in [5.41, 5.74) is 8.02. The van der Waals surface area contributed by atoms with Crippen LogP contribution in [-0.2, 0) is 24.9 Å². The van der Waals surface area contributed by atoms with Crippen molar-refractivity contribution >= 4 is 16.7 Å². The van der Waals surface area contributed by atoms with Gasteiger partial charge in [0, 0.05) is 26.2 Å². The van der Waals surface area contributed by atoms with Crippen LogP contribution in [0.1, 0.15) is 36.1 Å². The van der Waals surface area contributed by atoms with Crippen molar-refractivity contribution in [3.05, 3.63) is 76.6 Å². The van der Waals surface area contributed by atoms with Gasteiger partial charge in [0.05, 0.1) is 11.3 Å². The normalized spacial score (nSPS) is 10.7. The maximum Gasteiger partial charge on any atom is 0.155 e. The maximum atomic E-state index is 10.0. The van der Waals surface area contributed by atoms with Gasteiger partial charge >= 0.3 is 0 Å². The molecule has 0 amide bonds. The van der Waals surface area contributed by atoms with Crippen LogP contribution in [0.5, 0.6) is 0 Å². The molecule has 1 aromatic heterocycles. The predicted molar refractivity (Wildman–Crippen MR) is 112 cm³/mol. The fourth-order valence-electron chi connectivity index (χ4n) is 2.97. The summed E-state index contributed by atoms with van der Waals surface area (Å²) in [6.45, 7) is 11.3. The molecule has 0 aliphatic rings. The first-order chi connectivity index (χ1) is 12.7. The molecule has 1 radical (unpaired) electrons. The van der Waals surface area contributed by atoms with Crippen molar-refractivity contribution in [1.82, 2.24) is 4.98 Å². The number of aliphatic hydroxyl groups is 1. The molecular weight excluding hydrogens is 526 g/mol. The van der Waals surface area contributed by atoms with Gasteiger partial charge in [-0.3, -0.25) is 9.78 Å². The van der Waals surface area contributed by atoms with E-state index in [0.717, 1.165) is 22.3 Å². The van der Waals surface area contributed by atoms with Gasteiger partial charge in [-0.25, -0.2) is 0 Å². The standard InChI is InChI=1S/C19H18N.C5H8O2.Ir/c1-12-5-6-16-11-15(4)19(20-18(16)10-12)17-8-13(2)7-14(3)9-17;1-4(6)3-5(2)7;/h5-8,10-11H,1-4H3;3,6H,1-2H3;/q-1;;/b;4-3-;. The summed E-state index contributed by atoms with van der Waals surface area (Å²) >= 11 is 0. The number of aromatic nitrogens is 1. The number of hydrogen-bond donors (Lipinski definition) is 1. The molecule has 0 saturated heterocycles. The van der Waals surface area contributed by atoms with Gasteiger partial charge in [0.2, 0.25) is 0 Å². The minimum atomic E-state index is -0.125. The third kappa shape index (κ3) is 6.70. The average Bonchev–Trinajstić information content (AvgIpc) is 2.53. The molecule has 0 spiro atoms. The molecule has 1 N–H and O–H groups in total. The summed E-state index contributed by atoms with van der Waals surface area (Å²) in [7, 11) is 0. The molecule has 0 aliphatic carbocycles. The first kappa shape index (κ1) is 23.7. The Labute approximate surface area is 180 Å². The Balaban J connectivity index is 0.000000425. The molecule has 3 rings (SSSR count). The molecule has 0 fully saturated rings. The molecule has 0 aliphatic heterocycles. The van der Waals surface area contributed by atoms with Gasteiger partial charge in [0.25, 0.3) is 0 Å². The van der Waals surface area contributed by atoms with Crippen molar-refractivity contribution in [2.75, 3.05) is 0 Å². The molecule has 28 heavy (non-hydrogen) atoms. The van der Waals surface area contributed by atoms with E-state index in [2.05, 4.69) is 70.2 Å². The van der Waals surface area contributed by atoms with Gasteiger partial charge in [0.15, 0.2) is 5.78 Å². The molecule has 149 valence electrons. The van der Waals surface area contributed by atoms with Crippen LogP contribution in [0.4, 0.5) is 0 Å².